The van der Waals surface area contributed by atoms with E-state index < -0.39 is 0 Å². The molecule has 0 aromatic carbocycles. The van der Waals surface area contributed by atoms with Gasteiger partial charge in [0.2, 0.25) is 0 Å². The minimum Gasteiger partial charge on any atom is -0.472 e. The molecule has 0 bridgehead atoms. The summed E-state index contributed by atoms with van der Waals surface area (Å²) in [4.78, 5) is 4.06. The molecule has 0 aliphatic carbocycles. The van der Waals surface area contributed by atoms with Gasteiger partial charge in [-0.15, -0.1) is 0 Å². The van der Waals surface area contributed by atoms with E-state index in [-0.39, 0.29) is 0 Å². The number of furan rings is 1. The van der Waals surface area contributed by atoms with E-state index in [1.807, 2.05) is 6.07 Å². The van der Waals surface area contributed by atoms with Gasteiger partial charge in [0.15, 0.2) is 5.96 Å². The van der Waals surface area contributed by atoms with Crippen LogP contribution < -0.4 is 10.6 Å². The van der Waals surface area contributed by atoms with Gasteiger partial charge >= 0.3 is 0 Å². The number of aliphatic imine (C=N–C) groups is 1. The lowest BCUT2D eigenvalue weighted by atomic mass is 10.3. The van der Waals surface area contributed by atoms with Crippen LogP contribution in [0.3, 0.4) is 0 Å². The van der Waals surface area contributed by atoms with Gasteiger partial charge in [0.1, 0.15) is 0 Å². The summed E-state index contributed by atoms with van der Waals surface area (Å²) in [6, 6.07) is 1.91. The number of hydrogen-bond acceptors (Lipinski definition) is 2. The van der Waals surface area contributed by atoms with Crippen LogP contribution in [0.25, 0.3) is 0 Å². The summed E-state index contributed by atoms with van der Waals surface area (Å²) in [5.41, 5.74) is 1.08. The number of hydrogen-bond donors (Lipinski definition) is 2. The Labute approximate surface area is 97.6 Å². The predicted molar refractivity (Wildman–Crippen MR) is 65.0 cm³/mol. The molecule has 1 heterocycles. The molecule has 1 aromatic heterocycles. The first-order valence-electron chi connectivity index (χ1n) is 4.51. The van der Waals surface area contributed by atoms with Crippen LogP contribution in [0, 0.1) is 0 Å². The maximum atomic E-state index is 4.96. The lowest BCUT2D eigenvalue weighted by molar-refractivity contribution is 0.563. The Morgan fingerprint density at radius 2 is 2.40 bits per heavy atom. The molecule has 15 heavy (non-hydrogen) atoms. The van der Waals surface area contributed by atoms with E-state index in [9.17, 15) is 0 Å². The maximum absolute atomic E-state index is 4.96. The molecule has 82 valence electrons. The van der Waals surface area contributed by atoms with Gasteiger partial charge in [0.25, 0.3) is 0 Å². The van der Waals surface area contributed by atoms with Crippen molar-refractivity contribution in [1.82, 2.24) is 10.6 Å². The number of nitrogens with one attached hydrogen (secondary N) is 2. The van der Waals surface area contributed by atoms with Crippen LogP contribution in [0.2, 0.25) is 0 Å². The molecule has 0 saturated heterocycles. The minimum absolute atomic E-state index is 0.644. The van der Waals surface area contributed by atoms with Gasteiger partial charge in [-0.1, -0.05) is 22.5 Å². The fourth-order valence-electron chi connectivity index (χ4n) is 0.979. The Morgan fingerprint density at radius 1 is 1.60 bits per heavy atom. The standard InChI is InChI=1S/C10H14BrN3O/c1-8(11)5-13-10(12-2)14-6-9-3-4-15-7-9/h3-4,7H,1,5-6H2,2H3,(H2,12,13,14). The Bertz CT molecular complexity index is 332. The molecule has 4 nitrogen and oxygen atoms in total. The van der Waals surface area contributed by atoms with Crippen LogP contribution in [0.15, 0.2) is 39.1 Å². The average molecular weight is 272 g/mol. The van der Waals surface area contributed by atoms with E-state index in [1.54, 1.807) is 19.6 Å². The molecule has 0 amide bonds. The zero-order chi connectivity index (χ0) is 11.1. The van der Waals surface area contributed by atoms with Gasteiger partial charge in [0.05, 0.1) is 12.5 Å². The van der Waals surface area contributed by atoms with Crippen LogP contribution in [0.4, 0.5) is 0 Å². The molecule has 0 aliphatic rings. The molecule has 1 aromatic rings. The molecule has 0 saturated carbocycles. The normalized spacial score (nSPS) is 11.2. The minimum atomic E-state index is 0.644. The van der Waals surface area contributed by atoms with Crippen molar-refractivity contribution in [1.29, 1.82) is 0 Å². The smallest absolute Gasteiger partial charge is 0.191 e. The van der Waals surface area contributed by atoms with Crippen LogP contribution in [0.1, 0.15) is 5.56 Å². The van der Waals surface area contributed by atoms with Crippen molar-refractivity contribution in [2.75, 3.05) is 13.6 Å². The highest BCUT2D eigenvalue weighted by molar-refractivity contribution is 9.11. The zero-order valence-electron chi connectivity index (χ0n) is 8.59. The highest BCUT2D eigenvalue weighted by Crippen LogP contribution is 1.99. The van der Waals surface area contributed by atoms with Gasteiger partial charge in [-0.3, -0.25) is 4.99 Å². The molecule has 0 unspecified atom stereocenters. The molecule has 5 heteroatoms. The number of nitrogens with zero attached hydrogens (tertiary/aromatic N) is 1. The summed E-state index contributed by atoms with van der Waals surface area (Å²) in [7, 11) is 1.72. The third kappa shape index (κ3) is 4.69. The van der Waals surface area contributed by atoms with Gasteiger partial charge < -0.3 is 15.1 Å². The van der Waals surface area contributed by atoms with Crippen LogP contribution in [0.5, 0.6) is 0 Å². The monoisotopic (exact) mass is 271 g/mol. The van der Waals surface area contributed by atoms with Crippen LogP contribution >= 0.6 is 15.9 Å². The molecular weight excluding hydrogens is 258 g/mol. The number of halogens is 1. The SMILES string of the molecule is C=C(Br)CNC(=NC)NCc1ccoc1. The molecule has 0 atom stereocenters. The summed E-state index contributed by atoms with van der Waals surface area (Å²) >= 11 is 3.27. The largest absolute Gasteiger partial charge is 0.472 e. The average Bonchev–Trinajstić information content (AvgIpc) is 2.70. The fraction of sp³-hybridized carbons (Fsp3) is 0.300. The van der Waals surface area contributed by atoms with Crippen molar-refractivity contribution >= 4 is 21.9 Å². The second kappa shape index (κ2) is 6.29. The summed E-state index contributed by atoms with van der Waals surface area (Å²) in [5.74, 6) is 0.733. The van der Waals surface area contributed by atoms with Gasteiger partial charge in [-0.2, -0.15) is 0 Å². The Balaban J connectivity index is 2.32. The Morgan fingerprint density at radius 3 is 2.93 bits per heavy atom. The second-order valence-corrected chi connectivity index (χ2v) is 4.05. The van der Waals surface area contributed by atoms with Crippen LogP contribution in [-0.4, -0.2) is 19.6 Å². The molecule has 2 N–H and O–H groups in total. The third-order valence-electron chi connectivity index (χ3n) is 1.71. The quantitative estimate of drug-likeness (QED) is 0.649. The fourth-order valence-corrected chi connectivity index (χ4v) is 1.12. The summed E-state index contributed by atoms with van der Waals surface area (Å²) in [5, 5.41) is 6.24. The van der Waals surface area contributed by atoms with Crippen molar-refractivity contribution in [3.8, 4) is 0 Å². The van der Waals surface area contributed by atoms with Crippen molar-refractivity contribution in [2.45, 2.75) is 6.54 Å². The number of rotatable bonds is 4. The predicted octanol–water partition coefficient (Wildman–Crippen LogP) is 1.85. The molecule has 0 fully saturated rings. The summed E-state index contributed by atoms with van der Waals surface area (Å²) in [6.07, 6.45) is 3.34. The van der Waals surface area contributed by atoms with Crippen molar-refractivity contribution in [2.24, 2.45) is 4.99 Å². The Kier molecular flexibility index (Phi) is 4.97. The van der Waals surface area contributed by atoms with Crippen LogP contribution in [-0.2, 0) is 6.54 Å². The van der Waals surface area contributed by atoms with Gasteiger partial charge in [-0.25, -0.2) is 0 Å². The molecule has 0 aliphatic heterocycles. The highest BCUT2D eigenvalue weighted by atomic mass is 79.9. The topological polar surface area (TPSA) is 49.6 Å². The maximum Gasteiger partial charge on any atom is 0.191 e. The lowest BCUT2D eigenvalue weighted by Gasteiger charge is -2.10. The Hall–Kier alpha value is -1.23. The van der Waals surface area contributed by atoms with E-state index in [4.69, 9.17) is 4.42 Å². The van der Waals surface area contributed by atoms with E-state index in [2.05, 4.69) is 38.1 Å². The molecule has 0 radical (unpaired) electrons. The summed E-state index contributed by atoms with van der Waals surface area (Å²) < 4.78 is 5.84. The first-order chi connectivity index (χ1) is 7.22. The van der Waals surface area contributed by atoms with Gasteiger partial charge in [-0.05, 0) is 6.07 Å². The lowest BCUT2D eigenvalue weighted by Crippen LogP contribution is -2.37. The zero-order valence-corrected chi connectivity index (χ0v) is 10.2. The molecular formula is C10H14BrN3O. The van der Waals surface area contributed by atoms with E-state index >= 15 is 0 Å². The number of guanidine groups is 1. The van der Waals surface area contributed by atoms with Crippen molar-refractivity contribution in [3.05, 3.63) is 35.2 Å². The highest BCUT2D eigenvalue weighted by Gasteiger charge is 1.98. The second-order valence-electron chi connectivity index (χ2n) is 2.93. The van der Waals surface area contributed by atoms with Gasteiger partial charge in [0, 0.05) is 30.2 Å². The van der Waals surface area contributed by atoms with Crippen molar-refractivity contribution < 1.29 is 4.42 Å². The third-order valence-corrected chi connectivity index (χ3v) is 1.99. The molecule has 1 rings (SSSR count). The van der Waals surface area contributed by atoms with Crippen molar-refractivity contribution in [3.63, 3.8) is 0 Å². The van der Waals surface area contributed by atoms with E-state index in [0.717, 1.165) is 16.0 Å². The van der Waals surface area contributed by atoms with E-state index in [0.29, 0.717) is 13.1 Å². The molecule has 0 spiro atoms. The first kappa shape index (κ1) is 11.8. The first-order valence-corrected chi connectivity index (χ1v) is 5.30. The summed E-state index contributed by atoms with van der Waals surface area (Å²) in [6.45, 7) is 5.06. The van der Waals surface area contributed by atoms with E-state index in [1.165, 1.54) is 0 Å².